The molecule has 138 valence electrons. The van der Waals surface area contributed by atoms with E-state index in [2.05, 4.69) is 15.0 Å². The average Bonchev–Trinajstić information content (AvgIpc) is 3.43. The molecule has 1 aromatic heterocycles. The number of aromatic nitrogens is 1. The van der Waals surface area contributed by atoms with E-state index in [4.69, 9.17) is 0 Å². The van der Waals surface area contributed by atoms with E-state index < -0.39 is 10.0 Å². The van der Waals surface area contributed by atoms with Gasteiger partial charge in [0, 0.05) is 38.4 Å². The van der Waals surface area contributed by atoms with Crippen LogP contribution in [0.5, 0.6) is 0 Å². The number of sulfonamides is 1. The quantitative estimate of drug-likeness (QED) is 0.767. The van der Waals surface area contributed by atoms with Gasteiger partial charge in [-0.3, -0.25) is 4.79 Å². The van der Waals surface area contributed by atoms with Gasteiger partial charge in [-0.2, -0.15) is 0 Å². The molecule has 0 radical (unpaired) electrons. The van der Waals surface area contributed by atoms with Gasteiger partial charge in [-0.1, -0.05) is 0 Å². The Labute approximate surface area is 153 Å². The summed E-state index contributed by atoms with van der Waals surface area (Å²) in [6.07, 6.45) is 3.46. The van der Waals surface area contributed by atoms with E-state index >= 15 is 0 Å². The molecule has 0 aliphatic heterocycles. The van der Waals surface area contributed by atoms with Crippen molar-refractivity contribution in [2.45, 2.75) is 30.3 Å². The van der Waals surface area contributed by atoms with Gasteiger partial charge in [-0.05, 0) is 54.8 Å². The molecule has 1 fully saturated rings. The lowest BCUT2D eigenvalue weighted by molar-refractivity contribution is 0.0951. The molecule has 2 aromatic rings. The summed E-state index contributed by atoms with van der Waals surface area (Å²) in [4.78, 5) is 18.6. The summed E-state index contributed by atoms with van der Waals surface area (Å²) in [5, 5.41) is 2.83. The highest BCUT2D eigenvalue weighted by Gasteiger charge is 2.27. The highest BCUT2D eigenvalue weighted by molar-refractivity contribution is 7.89. The second kappa shape index (κ2) is 7.43. The molecule has 1 saturated carbocycles. The van der Waals surface area contributed by atoms with E-state index in [0.717, 1.165) is 24.2 Å². The molecule has 3 rings (SSSR count). The minimum absolute atomic E-state index is 0.0513. The fourth-order valence-electron chi connectivity index (χ4n) is 2.37. The molecule has 0 atom stereocenters. The molecular formula is C18H22N4O3S. The van der Waals surface area contributed by atoms with Gasteiger partial charge in [0.15, 0.2) is 0 Å². The summed E-state index contributed by atoms with van der Waals surface area (Å²) in [7, 11) is 0.301. The molecule has 26 heavy (non-hydrogen) atoms. The highest BCUT2D eigenvalue weighted by Crippen LogP contribution is 2.22. The van der Waals surface area contributed by atoms with E-state index in [-0.39, 0.29) is 16.8 Å². The van der Waals surface area contributed by atoms with Crippen LogP contribution in [0.4, 0.5) is 5.82 Å². The first-order valence-corrected chi connectivity index (χ1v) is 9.86. The molecule has 0 unspecified atom stereocenters. The third kappa shape index (κ3) is 4.59. The first-order valence-electron chi connectivity index (χ1n) is 8.38. The topological polar surface area (TPSA) is 91.4 Å². The molecule has 1 aliphatic carbocycles. The van der Waals surface area contributed by atoms with Crippen LogP contribution < -0.4 is 14.9 Å². The molecule has 1 aliphatic rings. The summed E-state index contributed by atoms with van der Waals surface area (Å²) in [5.41, 5.74) is 1.35. The summed E-state index contributed by atoms with van der Waals surface area (Å²) < 4.78 is 26.9. The van der Waals surface area contributed by atoms with Crippen LogP contribution in [0.2, 0.25) is 0 Å². The number of nitrogens with zero attached hydrogens (tertiary/aromatic N) is 2. The number of carbonyl (C=O) groups is 1. The minimum atomic E-state index is -3.50. The van der Waals surface area contributed by atoms with Crippen molar-refractivity contribution in [3.8, 4) is 0 Å². The number of rotatable bonds is 7. The number of hydrogen-bond donors (Lipinski definition) is 2. The van der Waals surface area contributed by atoms with Crippen molar-refractivity contribution in [1.29, 1.82) is 0 Å². The van der Waals surface area contributed by atoms with Crippen molar-refractivity contribution in [1.82, 2.24) is 15.0 Å². The third-order valence-corrected chi connectivity index (χ3v) is 5.58. The third-order valence-electron chi connectivity index (χ3n) is 4.05. The van der Waals surface area contributed by atoms with Crippen LogP contribution in [0.1, 0.15) is 28.8 Å². The van der Waals surface area contributed by atoms with Crippen LogP contribution in [0.15, 0.2) is 47.5 Å². The van der Waals surface area contributed by atoms with Gasteiger partial charge < -0.3 is 10.2 Å². The lowest BCUT2D eigenvalue weighted by Gasteiger charge is -2.12. The molecule has 8 heteroatoms. The number of carbonyl (C=O) groups excluding carboxylic acids is 1. The number of amides is 1. The van der Waals surface area contributed by atoms with Crippen molar-refractivity contribution >= 4 is 21.7 Å². The predicted molar refractivity (Wildman–Crippen MR) is 99.5 cm³/mol. The largest absolute Gasteiger partial charge is 0.363 e. The number of anilines is 1. The SMILES string of the molecule is CN(C)c1cc(CNC(=O)c2ccc(S(=O)(=O)NC3CC3)cc2)ccn1. The first-order chi connectivity index (χ1) is 12.3. The Morgan fingerprint density at radius 2 is 1.88 bits per heavy atom. The average molecular weight is 374 g/mol. The fourth-order valence-corrected chi connectivity index (χ4v) is 3.68. The van der Waals surface area contributed by atoms with Gasteiger partial charge in [0.25, 0.3) is 5.91 Å². The predicted octanol–water partition coefficient (Wildman–Crippen LogP) is 1.52. The zero-order valence-electron chi connectivity index (χ0n) is 14.8. The molecule has 1 heterocycles. The van der Waals surface area contributed by atoms with Crippen molar-refractivity contribution in [3.05, 3.63) is 53.7 Å². The Balaban J connectivity index is 1.62. The second-order valence-corrected chi connectivity index (χ2v) is 8.23. The highest BCUT2D eigenvalue weighted by atomic mass is 32.2. The molecule has 1 aromatic carbocycles. The maximum Gasteiger partial charge on any atom is 0.251 e. The maximum absolute atomic E-state index is 12.3. The normalized spacial score (nSPS) is 14.1. The standard InChI is InChI=1S/C18H22N4O3S/c1-22(2)17-11-13(9-10-19-17)12-20-18(23)14-3-7-16(8-4-14)26(24,25)21-15-5-6-15/h3-4,7-11,15,21H,5-6,12H2,1-2H3,(H,20,23). The van der Waals surface area contributed by atoms with Gasteiger partial charge in [0.1, 0.15) is 5.82 Å². The maximum atomic E-state index is 12.3. The second-order valence-electron chi connectivity index (χ2n) is 6.52. The van der Waals surface area contributed by atoms with Crippen molar-refractivity contribution in [2.75, 3.05) is 19.0 Å². The van der Waals surface area contributed by atoms with Crippen LogP contribution >= 0.6 is 0 Å². The van der Waals surface area contributed by atoms with Crippen molar-refractivity contribution < 1.29 is 13.2 Å². The van der Waals surface area contributed by atoms with Crippen molar-refractivity contribution in [3.63, 3.8) is 0 Å². The van der Waals surface area contributed by atoms with E-state index in [1.165, 1.54) is 24.3 Å². The van der Waals surface area contributed by atoms with Gasteiger partial charge in [-0.25, -0.2) is 18.1 Å². The number of pyridine rings is 1. The zero-order valence-corrected chi connectivity index (χ0v) is 15.6. The Bertz CT molecular complexity index is 891. The molecule has 0 bridgehead atoms. The zero-order chi connectivity index (χ0) is 18.7. The lowest BCUT2D eigenvalue weighted by Crippen LogP contribution is -2.26. The van der Waals surface area contributed by atoms with Crippen molar-refractivity contribution in [2.24, 2.45) is 0 Å². The molecule has 0 saturated heterocycles. The van der Waals surface area contributed by atoms with Crippen LogP contribution in [-0.4, -0.2) is 39.4 Å². The van der Waals surface area contributed by atoms with Crippen LogP contribution in [0.3, 0.4) is 0 Å². The number of nitrogens with one attached hydrogen (secondary N) is 2. The van der Waals surface area contributed by atoms with Crippen LogP contribution in [0.25, 0.3) is 0 Å². The fraction of sp³-hybridized carbons (Fsp3) is 0.333. The number of hydrogen-bond acceptors (Lipinski definition) is 5. The lowest BCUT2D eigenvalue weighted by atomic mass is 10.2. The van der Waals surface area contributed by atoms with E-state index in [9.17, 15) is 13.2 Å². The van der Waals surface area contributed by atoms with Gasteiger partial charge in [0.05, 0.1) is 4.90 Å². The van der Waals surface area contributed by atoms with E-state index in [1.807, 2.05) is 31.1 Å². The summed E-state index contributed by atoms with van der Waals surface area (Å²) in [6.45, 7) is 0.367. The van der Waals surface area contributed by atoms with Gasteiger partial charge in [-0.15, -0.1) is 0 Å². The Kier molecular flexibility index (Phi) is 5.24. The van der Waals surface area contributed by atoms with E-state index in [1.54, 1.807) is 6.20 Å². The minimum Gasteiger partial charge on any atom is -0.363 e. The Morgan fingerprint density at radius 3 is 2.50 bits per heavy atom. The smallest absolute Gasteiger partial charge is 0.251 e. The molecule has 1 amide bonds. The summed E-state index contributed by atoms with van der Waals surface area (Å²) in [5.74, 6) is 0.557. The number of benzene rings is 1. The van der Waals surface area contributed by atoms with Crippen LogP contribution in [0, 0.1) is 0 Å². The Morgan fingerprint density at radius 1 is 1.19 bits per heavy atom. The monoisotopic (exact) mass is 374 g/mol. The summed E-state index contributed by atoms with van der Waals surface area (Å²) in [6, 6.07) is 9.75. The molecular weight excluding hydrogens is 352 g/mol. The first kappa shape index (κ1) is 18.3. The van der Waals surface area contributed by atoms with E-state index in [0.29, 0.717) is 12.1 Å². The van der Waals surface area contributed by atoms with Gasteiger partial charge >= 0.3 is 0 Å². The molecule has 0 spiro atoms. The molecule has 2 N–H and O–H groups in total. The Hall–Kier alpha value is -2.45. The van der Waals surface area contributed by atoms with Gasteiger partial charge in [0.2, 0.25) is 10.0 Å². The summed E-state index contributed by atoms with van der Waals surface area (Å²) >= 11 is 0. The molecule has 7 nitrogen and oxygen atoms in total. The van der Waals surface area contributed by atoms with Crippen LogP contribution in [-0.2, 0) is 16.6 Å².